The van der Waals surface area contributed by atoms with Gasteiger partial charge in [0.1, 0.15) is 4.90 Å². The van der Waals surface area contributed by atoms with E-state index >= 15 is 0 Å². The first-order valence-electron chi connectivity index (χ1n) is 5.76. The summed E-state index contributed by atoms with van der Waals surface area (Å²) in [5.74, 6) is 0. The van der Waals surface area contributed by atoms with Gasteiger partial charge in [0, 0.05) is 12.6 Å². The van der Waals surface area contributed by atoms with Gasteiger partial charge in [0.25, 0.3) is 0 Å². The smallest absolute Gasteiger partial charge is 0.244 e. The van der Waals surface area contributed by atoms with Crippen LogP contribution in [0.2, 0.25) is 5.02 Å². The Morgan fingerprint density at radius 2 is 2.26 bits per heavy atom. The maximum atomic E-state index is 12.5. The molecule has 0 bridgehead atoms. The molecular weight excluding hydrogens is 288 g/mol. The number of rotatable bonds is 2. The van der Waals surface area contributed by atoms with E-state index < -0.39 is 10.0 Å². The van der Waals surface area contributed by atoms with E-state index in [4.69, 9.17) is 21.6 Å². The average Bonchev–Trinajstić information content (AvgIpc) is 2.38. The van der Waals surface area contributed by atoms with Crippen molar-refractivity contribution in [2.75, 3.05) is 19.8 Å². The molecule has 1 atom stereocenters. The predicted molar refractivity (Wildman–Crippen MR) is 70.3 cm³/mol. The average molecular weight is 301 g/mol. The molecular formula is C12H13ClN2O3S. The van der Waals surface area contributed by atoms with Crippen LogP contribution in [0.25, 0.3) is 0 Å². The molecule has 1 fully saturated rings. The topological polar surface area (TPSA) is 70.4 Å². The summed E-state index contributed by atoms with van der Waals surface area (Å²) in [5, 5.41) is 8.83. The van der Waals surface area contributed by atoms with Crippen LogP contribution in [0.5, 0.6) is 0 Å². The summed E-state index contributed by atoms with van der Waals surface area (Å²) in [6.07, 6.45) is 0. The first-order valence-corrected chi connectivity index (χ1v) is 7.58. The Hall–Kier alpha value is -1.13. The highest BCUT2D eigenvalue weighted by Gasteiger charge is 2.32. The van der Waals surface area contributed by atoms with Gasteiger partial charge in [-0.2, -0.15) is 9.57 Å². The van der Waals surface area contributed by atoms with Crippen molar-refractivity contribution in [1.82, 2.24) is 4.31 Å². The van der Waals surface area contributed by atoms with Crippen LogP contribution in [0, 0.1) is 11.3 Å². The van der Waals surface area contributed by atoms with E-state index in [1.807, 2.05) is 6.07 Å². The quantitative estimate of drug-likeness (QED) is 0.832. The molecule has 19 heavy (non-hydrogen) atoms. The fourth-order valence-corrected chi connectivity index (χ4v) is 4.10. The van der Waals surface area contributed by atoms with Gasteiger partial charge >= 0.3 is 0 Å². The summed E-state index contributed by atoms with van der Waals surface area (Å²) in [4.78, 5) is 0.0296. The van der Waals surface area contributed by atoms with Gasteiger partial charge in [0.05, 0.1) is 29.9 Å². The van der Waals surface area contributed by atoms with E-state index in [-0.39, 0.29) is 16.0 Å². The molecule has 1 aromatic carbocycles. The fraction of sp³-hybridized carbons (Fsp3) is 0.417. The third kappa shape index (κ3) is 2.74. The number of hydrogen-bond acceptors (Lipinski definition) is 4. The highest BCUT2D eigenvalue weighted by Crippen LogP contribution is 2.27. The van der Waals surface area contributed by atoms with E-state index in [1.165, 1.54) is 22.5 Å². The Morgan fingerprint density at radius 3 is 2.84 bits per heavy atom. The lowest BCUT2D eigenvalue weighted by molar-refractivity contribution is 0.0393. The zero-order chi connectivity index (χ0) is 14.0. The molecule has 102 valence electrons. The second-order valence-corrected chi connectivity index (χ2v) is 6.56. The van der Waals surface area contributed by atoms with E-state index in [0.29, 0.717) is 25.3 Å². The molecule has 1 saturated heterocycles. The Kier molecular flexibility index (Phi) is 4.11. The van der Waals surface area contributed by atoms with Gasteiger partial charge in [-0.05, 0) is 25.1 Å². The Bertz CT molecular complexity index is 624. The Labute approximate surface area is 117 Å². The lowest BCUT2D eigenvalue weighted by Crippen LogP contribution is -2.47. The number of nitriles is 1. The molecule has 0 radical (unpaired) electrons. The van der Waals surface area contributed by atoms with Crippen molar-refractivity contribution in [1.29, 1.82) is 5.26 Å². The number of morpholine rings is 1. The predicted octanol–water partition coefficient (Wildman–Crippen LogP) is 1.62. The van der Waals surface area contributed by atoms with E-state index in [2.05, 4.69) is 0 Å². The van der Waals surface area contributed by atoms with Crippen LogP contribution in [0.1, 0.15) is 12.5 Å². The van der Waals surface area contributed by atoms with Crippen molar-refractivity contribution in [3.63, 3.8) is 0 Å². The normalized spacial score (nSPS) is 21.0. The molecule has 5 nitrogen and oxygen atoms in total. The molecule has 7 heteroatoms. The molecule has 1 aromatic rings. The number of sulfonamides is 1. The van der Waals surface area contributed by atoms with Crippen molar-refractivity contribution in [3.8, 4) is 6.07 Å². The summed E-state index contributed by atoms with van der Waals surface area (Å²) >= 11 is 5.97. The van der Waals surface area contributed by atoms with Gasteiger partial charge in [0.2, 0.25) is 10.0 Å². The molecule has 0 amide bonds. The molecule has 0 saturated carbocycles. The fourth-order valence-electron chi connectivity index (χ4n) is 1.97. The van der Waals surface area contributed by atoms with Crippen molar-refractivity contribution >= 4 is 21.6 Å². The van der Waals surface area contributed by atoms with Crippen molar-refractivity contribution in [3.05, 3.63) is 28.8 Å². The van der Waals surface area contributed by atoms with E-state index in [0.717, 1.165) is 0 Å². The molecule has 2 rings (SSSR count). The maximum absolute atomic E-state index is 12.5. The molecule has 0 spiro atoms. The SMILES string of the molecule is C[C@@H]1COCCN1S(=O)(=O)c1ccc(C#N)cc1Cl. The van der Waals surface area contributed by atoms with Crippen LogP contribution in [0.4, 0.5) is 0 Å². The monoisotopic (exact) mass is 300 g/mol. The summed E-state index contributed by atoms with van der Waals surface area (Å²) in [7, 11) is -3.65. The Morgan fingerprint density at radius 1 is 1.53 bits per heavy atom. The van der Waals surface area contributed by atoms with E-state index in [9.17, 15) is 8.42 Å². The van der Waals surface area contributed by atoms with Gasteiger partial charge in [-0.3, -0.25) is 0 Å². The third-order valence-corrected chi connectivity index (χ3v) is 5.45. The largest absolute Gasteiger partial charge is 0.378 e. The van der Waals surface area contributed by atoms with Gasteiger partial charge in [-0.25, -0.2) is 8.42 Å². The molecule has 1 aliphatic rings. The summed E-state index contributed by atoms with van der Waals surface area (Å²) < 4.78 is 31.6. The zero-order valence-electron chi connectivity index (χ0n) is 10.3. The van der Waals surface area contributed by atoms with Crippen molar-refractivity contribution < 1.29 is 13.2 Å². The highest BCUT2D eigenvalue weighted by molar-refractivity contribution is 7.89. The van der Waals surface area contributed by atoms with Crippen LogP contribution in [-0.4, -0.2) is 38.5 Å². The second-order valence-electron chi connectivity index (χ2n) is 4.30. The molecule has 0 unspecified atom stereocenters. The van der Waals surface area contributed by atoms with Crippen molar-refractivity contribution in [2.45, 2.75) is 17.9 Å². The number of ether oxygens (including phenoxy) is 1. The third-order valence-electron chi connectivity index (χ3n) is 2.95. The van der Waals surface area contributed by atoms with Gasteiger partial charge in [-0.1, -0.05) is 11.6 Å². The molecule has 1 aliphatic heterocycles. The first kappa shape index (κ1) is 14.3. The molecule has 0 N–H and O–H groups in total. The van der Waals surface area contributed by atoms with Crippen molar-refractivity contribution in [2.24, 2.45) is 0 Å². The number of nitrogens with zero attached hydrogens (tertiary/aromatic N) is 2. The maximum Gasteiger partial charge on any atom is 0.244 e. The highest BCUT2D eigenvalue weighted by atomic mass is 35.5. The molecule has 0 aromatic heterocycles. The Balaban J connectivity index is 2.42. The van der Waals surface area contributed by atoms with Crippen LogP contribution >= 0.6 is 11.6 Å². The minimum atomic E-state index is -3.65. The van der Waals surface area contributed by atoms with Crippen LogP contribution < -0.4 is 0 Å². The van der Waals surface area contributed by atoms with Gasteiger partial charge < -0.3 is 4.74 Å². The number of halogens is 1. The summed E-state index contributed by atoms with van der Waals surface area (Å²) in [5.41, 5.74) is 0.332. The lowest BCUT2D eigenvalue weighted by atomic mass is 10.2. The minimum absolute atomic E-state index is 0.0296. The minimum Gasteiger partial charge on any atom is -0.378 e. The molecule has 1 heterocycles. The van der Waals surface area contributed by atoms with Gasteiger partial charge in [0.15, 0.2) is 0 Å². The van der Waals surface area contributed by atoms with Crippen LogP contribution in [0.15, 0.2) is 23.1 Å². The van der Waals surface area contributed by atoms with Gasteiger partial charge in [-0.15, -0.1) is 0 Å². The summed E-state index contributed by atoms with van der Waals surface area (Å²) in [6.45, 7) is 2.83. The zero-order valence-corrected chi connectivity index (χ0v) is 11.9. The lowest BCUT2D eigenvalue weighted by Gasteiger charge is -2.32. The van der Waals surface area contributed by atoms with E-state index in [1.54, 1.807) is 6.92 Å². The molecule has 0 aliphatic carbocycles. The standard InChI is InChI=1S/C12H13ClN2O3S/c1-9-8-18-5-4-15(9)19(16,17)12-3-2-10(7-14)6-11(12)13/h2-3,6,9H,4-5,8H2,1H3/t9-/m1/s1. The number of benzene rings is 1. The number of hydrogen-bond donors (Lipinski definition) is 0. The first-order chi connectivity index (χ1) is 8.96. The van der Waals surface area contributed by atoms with Crippen LogP contribution in [-0.2, 0) is 14.8 Å². The second kappa shape index (κ2) is 5.47. The summed E-state index contributed by atoms with van der Waals surface area (Å²) in [6, 6.07) is 5.87. The van der Waals surface area contributed by atoms with Crippen LogP contribution in [0.3, 0.4) is 0 Å².